The zero-order valence-electron chi connectivity index (χ0n) is 9.23. The van der Waals surface area contributed by atoms with Crippen LogP contribution in [0.3, 0.4) is 0 Å². The number of hydrogen-bond acceptors (Lipinski definition) is 5. The van der Waals surface area contributed by atoms with Gasteiger partial charge in [0.05, 0.1) is 0 Å². The van der Waals surface area contributed by atoms with Crippen molar-refractivity contribution in [1.29, 1.82) is 0 Å². The van der Waals surface area contributed by atoms with Crippen LogP contribution in [0.4, 0.5) is 0 Å². The molecule has 92 valence electrons. The Balaban J connectivity index is 3.82. The van der Waals surface area contributed by atoms with E-state index in [0.29, 0.717) is 0 Å². The van der Waals surface area contributed by atoms with Crippen molar-refractivity contribution in [2.24, 2.45) is 0 Å². The number of ether oxygens (including phenoxy) is 2. The standard InChI is InChI=1S/C10H15BrO5/c1-4-8(13)15-5-7(12)6-16-9(14)10(2,3)11/h4,7,12H,1,5-6H2,2-3H3. The van der Waals surface area contributed by atoms with Crippen LogP contribution in [0.1, 0.15) is 13.8 Å². The topological polar surface area (TPSA) is 72.8 Å². The summed E-state index contributed by atoms with van der Waals surface area (Å²) in [5.74, 6) is -1.13. The minimum atomic E-state index is -1.04. The molecule has 0 aromatic heterocycles. The van der Waals surface area contributed by atoms with Crippen LogP contribution in [0.2, 0.25) is 0 Å². The molecule has 6 heteroatoms. The molecule has 0 aliphatic carbocycles. The highest BCUT2D eigenvalue weighted by Crippen LogP contribution is 2.17. The fourth-order valence-corrected chi connectivity index (χ4v) is 0.743. The molecule has 1 N–H and O–H groups in total. The van der Waals surface area contributed by atoms with E-state index in [-0.39, 0.29) is 13.2 Å². The second-order valence-electron chi connectivity index (χ2n) is 3.56. The van der Waals surface area contributed by atoms with Crippen molar-refractivity contribution in [1.82, 2.24) is 0 Å². The summed E-state index contributed by atoms with van der Waals surface area (Å²) in [6.45, 7) is 5.99. The van der Waals surface area contributed by atoms with Crippen molar-refractivity contribution in [3.05, 3.63) is 12.7 Å². The number of aliphatic hydroxyl groups is 1. The first-order valence-electron chi connectivity index (χ1n) is 4.60. The molecule has 1 atom stereocenters. The number of hydrogen-bond donors (Lipinski definition) is 1. The number of alkyl halides is 1. The lowest BCUT2D eigenvalue weighted by atomic mass is 10.2. The van der Waals surface area contributed by atoms with E-state index in [9.17, 15) is 14.7 Å². The molecule has 0 spiro atoms. The molecule has 0 aromatic carbocycles. The molecule has 16 heavy (non-hydrogen) atoms. The molecule has 0 saturated heterocycles. The average molecular weight is 295 g/mol. The second-order valence-corrected chi connectivity index (χ2v) is 5.54. The van der Waals surface area contributed by atoms with Crippen molar-refractivity contribution in [3.63, 3.8) is 0 Å². The Morgan fingerprint density at radius 1 is 1.44 bits per heavy atom. The average Bonchev–Trinajstić information content (AvgIpc) is 2.20. The van der Waals surface area contributed by atoms with Crippen molar-refractivity contribution >= 4 is 27.9 Å². The molecule has 1 unspecified atom stereocenters. The van der Waals surface area contributed by atoms with E-state index in [2.05, 4.69) is 27.2 Å². The maximum Gasteiger partial charge on any atom is 0.330 e. The zero-order chi connectivity index (χ0) is 12.8. The molecule has 0 amide bonds. The summed E-state index contributed by atoms with van der Waals surface area (Å²) in [5.41, 5.74) is 0. The smallest absolute Gasteiger partial charge is 0.330 e. The van der Waals surface area contributed by atoms with E-state index in [1.807, 2.05) is 0 Å². The quantitative estimate of drug-likeness (QED) is 0.445. The van der Waals surface area contributed by atoms with Gasteiger partial charge >= 0.3 is 11.9 Å². The van der Waals surface area contributed by atoms with Gasteiger partial charge in [0, 0.05) is 6.08 Å². The van der Waals surface area contributed by atoms with Gasteiger partial charge in [0.25, 0.3) is 0 Å². The third kappa shape index (κ3) is 6.58. The van der Waals surface area contributed by atoms with E-state index in [1.54, 1.807) is 13.8 Å². The molecular formula is C10H15BrO5. The fraction of sp³-hybridized carbons (Fsp3) is 0.600. The molecule has 0 aromatic rings. The van der Waals surface area contributed by atoms with E-state index >= 15 is 0 Å². The SMILES string of the molecule is C=CC(=O)OCC(O)COC(=O)C(C)(C)Br. The number of carbonyl (C=O) groups is 2. The maximum atomic E-state index is 11.3. The Hall–Kier alpha value is -0.880. The van der Waals surface area contributed by atoms with Gasteiger partial charge in [-0.25, -0.2) is 4.79 Å². The van der Waals surface area contributed by atoms with Crippen LogP contribution in [0.15, 0.2) is 12.7 Å². The van der Waals surface area contributed by atoms with Crippen molar-refractivity contribution in [3.8, 4) is 0 Å². The van der Waals surface area contributed by atoms with Crippen LogP contribution in [0.25, 0.3) is 0 Å². The fourth-order valence-electron chi connectivity index (χ4n) is 0.629. The van der Waals surface area contributed by atoms with Crippen molar-refractivity contribution < 1.29 is 24.2 Å². The largest absolute Gasteiger partial charge is 0.462 e. The number of carbonyl (C=O) groups excluding carboxylic acids is 2. The van der Waals surface area contributed by atoms with Gasteiger partial charge in [0.15, 0.2) is 0 Å². The van der Waals surface area contributed by atoms with Crippen LogP contribution in [0, 0.1) is 0 Å². The van der Waals surface area contributed by atoms with Crippen LogP contribution < -0.4 is 0 Å². The minimum absolute atomic E-state index is 0.224. The summed E-state index contributed by atoms with van der Waals surface area (Å²) in [7, 11) is 0. The third-order valence-corrected chi connectivity index (χ3v) is 1.80. The van der Waals surface area contributed by atoms with Crippen molar-refractivity contribution in [2.45, 2.75) is 24.3 Å². The summed E-state index contributed by atoms with van der Waals surface area (Å²) in [6.07, 6.45) is -0.0527. The summed E-state index contributed by atoms with van der Waals surface area (Å²) >= 11 is 3.11. The molecule has 0 radical (unpaired) electrons. The summed E-state index contributed by atoms with van der Waals surface area (Å²) in [4.78, 5) is 21.9. The minimum Gasteiger partial charge on any atom is -0.462 e. The van der Waals surface area contributed by atoms with Gasteiger partial charge in [0.1, 0.15) is 23.6 Å². The number of rotatable bonds is 6. The number of aliphatic hydroxyl groups excluding tert-OH is 1. The van der Waals surface area contributed by atoms with E-state index in [4.69, 9.17) is 4.74 Å². The Kier molecular flexibility index (Phi) is 6.28. The zero-order valence-corrected chi connectivity index (χ0v) is 10.8. The van der Waals surface area contributed by atoms with Gasteiger partial charge in [-0.2, -0.15) is 0 Å². The second kappa shape index (κ2) is 6.65. The van der Waals surface area contributed by atoms with E-state index in [0.717, 1.165) is 6.08 Å². The van der Waals surface area contributed by atoms with Gasteiger partial charge in [-0.05, 0) is 13.8 Å². The normalized spacial score (nSPS) is 12.8. The maximum absolute atomic E-state index is 11.3. The van der Waals surface area contributed by atoms with Gasteiger partial charge in [0.2, 0.25) is 0 Å². The first-order chi connectivity index (χ1) is 7.27. The highest BCUT2D eigenvalue weighted by molar-refractivity contribution is 9.10. The van der Waals surface area contributed by atoms with Crippen LogP contribution in [-0.2, 0) is 19.1 Å². The lowest BCUT2D eigenvalue weighted by Gasteiger charge is -2.16. The predicted molar refractivity (Wildman–Crippen MR) is 61.1 cm³/mol. The first-order valence-corrected chi connectivity index (χ1v) is 5.40. The monoisotopic (exact) mass is 294 g/mol. The highest BCUT2D eigenvalue weighted by Gasteiger charge is 2.26. The van der Waals surface area contributed by atoms with Gasteiger partial charge in [-0.3, -0.25) is 4.79 Å². The lowest BCUT2D eigenvalue weighted by Crippen LogP contribution is -2.31. The Labute approximate surface area is 103 Å². The molecule has 0 heterocycles. The first kappa shape index (κ1) is 15.1. The molecule has 0 bridgehead atoms. The van der Waals surface area contributed by atoms with Gasteiger partial charge in [-0.1, -0.05) is 22.5 Å². The summed E-state index contributed by atoms with van der Waals surface area (Å²) in [5, 5.41) is 9.30. The van der Waals surface area contributed by atoms with Crippen LogP contribution >= 0.6 is 15.9 Å². The molecule has 0 fully saturated rings. The number of halogens is 1. The molecular weight excluding hydrogens is 280 g/mol. The Morgan fingerprint density at radius 2 is 1.94 bits per heavy atom. The molecule has 0 saturated carbocycles. The summed E-state index contributed by atoms with van der Waals surface area (Å²) in [6, 6.07) is 0. The molecule has 0 rings (SSSR count). The van der Waals surface area contributed by atoms with Crippen LogP contribution in [-0.4, -0.2) is 40.7 Å². The van der Waals surface area contributed by atoms with Gasteiger partial charge < -0.3 is 14.6 Å². The predicted octanol–water partition coefficient (Wildman–Crippen LogP) is 0.793. The molecule has 5 nitrogen and oxygen atoms in total. The number of esters is 2. The highest BCUT2D eigenvalue weighted by atomic mass is 79.9. The van der Waals surface area contributed by atoms with Crippen LogP contribution in [0.5, 0.6) is 0 Å². The van der Waals surface area contributed by atoms with E-state index in [1.165, 1.54) is 0 Å². The third-order valence-electron chi connectivity index (χ3n) is 1.48. The van der Waals surface area contributed by atoms with Crippen molar-refractivity contribution in [2.75, 3.05) is 13.2 Å². The molecule has 0 aliphatic heterocycles. The van der Waals surface area contributed by atoms with E-state index < -0.39 is 22.4 Å². The summed E-state index contributed by atoms with van der Waals surface area (Å²) < 4.78 is 8.54. The lowest BCUT2D eigenvalue weighted by molar-refractivity contribution is -0.151. The Morgan fingerprint density at radius 3 is 2.38 bits per heavy atom. The van der Waals surface area contributed by atoms with Gasteiger partial charge in [-0.15, -0.1) is 0 Å². The Bertz CT molecular complexity index is 269. The molecule has 0 aliphatic rings.